The van der Waals surface area contributed by atoms with Gasteiger partial charge in [-0.1, -0.05) is 13.8 Å². The smallest absolute Gasteiger partial charge is 0.276 e. The van der Waals surface area contributed by atoms with E-state index in [1.165, 1.54) is 0 Å². The molecule has 0 spiro atoms. The van der Waals surface area contributed by atoms with Crippen LogP contribution in [0.5, 0.6) is 11.8 Å². The topological polar surface area (TPSA) is 83.3 Å². The second kappa shape index (κ2) is 3.38. The Bertz CT molecular complexity index is 336. The number of nitrogens with zero attached hydrogens (tertiary/aromatic N) is 2. The molecule has 0 aliphatic heterocycles. The van der Waals surface area contributed by atoms with Gasteiger partial charge in [-0.15, -0.1) is 0 Å². The van der Waals surface area contributed by atoms with Crippen LogP contribution in [0.4, 0.5) is 0 Å². The number of Topliss-reactive ketones (excluding diaryl/α,β-unsaturated/α-hetero) is 1. The zero-order valence-electron chi connectivity index (χ0n) is 7.35. The fourth-order valence-electron chi connectivity index (χ4n) is 0.787. The normalized spacial score (nSPS) is 10.4. The summed E-state index contributed by atoms with van der Waals surface area (Å²) in [5.74, 6) is -1.62. The summed E-state index contributed by atoms with van der Waals surface area (Å²) in [4.78, 5) is 18.2. The van der Waals surface area contributed by atoms with E-state index in [0.29, 0.717) is 0 Å². The van der Waals surface area contributed by atoms with Gasteiger partial charge >= 0.3 is 0 Å². The van der Waals surface area contributed by atoms with Crippen LogP contribution in [0, 0.1) is 5.92 Å². The van der Waals surface area contributed by atoms with E-state index in [1.807, 2.05) is 0 Å². The molecule has 1 aromatic rings. The molecule has 5 nitrogen and oxygen atoms in total. The largest absolute Gasteiger partial charge is 0.489 e. The van der Waals surface area contributed by atoms with Gasteiger partial charge in [0.2, 0.25) is 0 Å². The van der Waals surface area contributed by atoms with E-state index in [4.69, 9.17) is 10.2 Å². The first kappa shape index (κ1) is 9.44. The lowest BCUT2D eigenvalue weighted by molar-refractivity contribution is 0.0932. The molecule has 0 saturated heterocycles. The summed E-state index contributed by atoms with van der Waals surface area (Å²) >= 11 is 0. The Morgan fingerprint density at radius 2 is 2.00 bits per heavy atom. The van der Waals surface area contributed by atoms with Crippen LogP contribution in [-0.2, 0) is 0 Å². The van der Waals surface area contributed by atoms with Gasteiger partial charge in [0.15, 0.2) is 5.78 Å². The fraction of sp³-hybridized carbons (Fsp3) is 0.375. The van der Waals surface area contributed by atoms with E-state index in [2.05, 4.69) is 9.97 Å². The first-order chi connectivity index (χ1) is 6.02. The average Bonchev–Trinajstić information content (AvgIpc) is 2.08. The zero-order valence-corrected chi connectivity index (χ0v) is 7.35. The predicted molar refractivity (Wildman–Crippen MR) is 44.5 cm³/mol. The number of carbonyl (C=O) groups excluding carboxylic acids is 1. The van der Waals surface area contributed by atoms with E-state index >= 15 is 0 Å². The fourth-order valence-corrected chi connectivity index (χ4v) is 0.787. The number of carbonyl (C=O) groups is 1. The third-order valence-electron chi connectivity index (χ3n) is 1.51. The number of aromatic nitrogens is 2. The van der Waals surface area contributed by atoms with E-state index in [9.17, 15) is 4.79 Å². The van der Waals surface area contributed by atoms with Crippen LogP contribution in [0.25, 0.3) is 0 Å². The van der Waals surface area contributed by atoms with Crippen molar-refractivity contribution in [2.75, 3.05) is 0 Å². The molecule has 0 aromatic carbocycles. The van der Waals surface area contributed by atoms with Crippen LogP contribution in [0.15, 0.2) is 6.20 Å². The van der Waals surface area contributed by atoms with Crippen molar-refractivity contribution in [2.45, 2.75) is 13.8 Å². The van der Waals surface area contributed by atoms with E-state index in [0.717, 1.165) is 6.20 Å². The van der Waals surface area contributed by atoms with Crippen LogP contribution < -0.4 is 0 Å². The van der Waals surface area contributed by atoms with Crippen molar-refractivity contribution in [1.29, 1.82) is 0 Å². The molecule has 2 N–H and O–H groups in total. The van der Waals surface area contributed by atoms with Gasteiger partial charge in [0.05, 0.1) is 6.20 Å². The first-order valence-electron chi connectivity index (χ1n) is 3.81. The van der Waals surface area contributed by atoms with E-state index in [-0.39, 0.29) is 17.4 Å². The van der Waals surface area contributed by atoms with Crippen molar-refractivity contribution in [1.82, 2.24) is 9.97 Å². The van der Waals surface area contributed by atoms with Crippen LogP contribution in [0.2, 0.25) is 0 Å². The summed E-state index contributed by atoms with van der Waals surface area (Å²) in [6.45, 7) is 3.43. The highest BCUT2D eigenvalue weighted by Gasteiger charge is 2.14. The van der Waals surface area contributed by atoms with Crippen molar-refractivity contribution >= 4 is 5.78 Å². The summed E-state index contributed by atoms with van der Waals surface area (Å²) in [7, 11) is 0. The quantitative estimate of drug-likeness (QED) is 0.658. The van der Waals surface area contributed by atoms with Gasteiger partial charge in [-0.2, -0.15) is 0 Å². The molecule has 70 valence electrons. The Balaban J connectivity index is 3.04. The molecular formula is C8H10N2O3. The minimum absolute atomic E-state index is 0.0605. The number of aromatic hydroxyl groups is 2. The molecule has 0 fully saturated rings. The maximum atomic E-state index is 11.3. The van der Waals surface area contributed by atoms with Gasteiger partial charge < -0.3 is 10.2 Å². The van der Waals surface area contributed by atoms with Crippen molar-refractivity contribution in [3.8, 4) is 11.8 Å². The molecule has 0 unspecified atom stereocenters. The minimum atomic E-state index is -0.619. The third kappa shape index (κ3) is 1.93. The van der Waals surface area contributed by atoms with Gasteiger partial charge in [-0.3, -0.25) is 4.79 Å². The Labute approximate surface area is 75.1 Å². The number of ketones is 1. The lowest BCUT2D eigenvalue weighted by Gasteiger charge is -2.02. The highest BCUT2D eigenvalue weighted by Crippen LogP contribution is 2.18. The highest BCUT2D eigenvalue weighted by molar-refractivity contribution is 5.95. The number of hydrogen-bond donors (Lipinski definition) is 2. The molecule has 0 radical (unpaired) electrons. The Morgan fingerprint density at radius 3 is 2.46 bits per heavy atom. The second-order valence-electron chi connectivity index (χ2n) is 2.92. The van der Waals surface area contributed by atoms with Crippen molar-refractivity contribution in [3.05, 3.63) is 11.9 Å². The standard InChI is InChI=1S/C8H10N2O3/c1-4(2)6(11)5-3-9-7(12)8(13)10-5/h3-4H,1-2H3,(H,9,12)(H,10,13). The molecular weight excluding hydrogens is 172 g/mol. The van der Waals surface area contributed by atoms with Crippen LogP contribution >= 0.6 is 0 Å². The molecule has 1 rings (SSSR count). The SMILES string of the molecule is CC(C)C(=O)c1cnc(O)c(O)n1. The number of hydrogen-bond acceptors (Lipinski definition) is 5. The molecule has 0 aliphatic rings. The zero-order chi connectivity index (χ0) is 10.0. The van der Waals surface area contributed by atoms with Crippen LogP contribution in [0.3, 0.4) is 0 Å². The summed E-state index contributed by atoms with van der Waals surface area (Å²) in [6.07, 6.45) is 1.14. The summed E-state index contributed by atoms with van der Waals surface area (Å²) in [5.41, 5.74) is 0.0605. The van der Waals surface area contributed by atoms with Gasteiger partial charge in [-0.25, -0.2) is 9.97 Å². The van der Waals surface area contributed by atoms with E-state index in [1.54, 1.807) is 13.8 Å². The highest BCUT2D eigenvalue weighted by atomic mass is 16.3. The van der Waals surface area contributed by atoms with Gasteiger partial charge in [0.1, 0.15) is 5.69 Å². The number of rotatable bonds is 2. The van der Waals surface area contributed by atoms with Gasteiger partial charge in [0.25, 0.3) is 11.8 Å². The lowest BCUT2D eigenvalue weighted by Crippen LogP contribution is -2.09. The van der Waals surface area contributed by atoms with Crippen LogP contribution in [-0.4, -0.2) is 26.0 Å². The molecule has 0 aliphatic carbocycles. The molecule has 1 aromatic heterocycles. The summed E-state index contributed by atoms with van der Waals surface area (Å²) in [6, 6.07) is 0. The van der Waals surface area contributed by atoms with Gasteiger partial charge in [0, 0.05) is 5.92 Å². The van der Waals surface area contributed by atoms with Crippen LogP contribution in [0.1, 0.15) is 24.3 Å². The molecule has 13 heavy (non-hydrogen) atoms. The maximum absolute atomic E-state index is 11.3. The van der Waals surface area contributed by atoms with Crippen molar-refractivity contribution < 1.29 is 15.0 Å². The Hall–Kier alpha value is -1.65. The maximum Gasteiger partial charge on any atom is 0.276 e. The lowest BCUT2D eigenvalue weighted by atomic mass is 10.1. The van der Waals surface area contributed by atoms with Gasteiger partial charge in [-0.05, 0) is 0 Å². The molecule has 0 bridgehead atoms. The first-order valence-corrected chi connectivity index (χ1v) is 3.81. The summed E-state index contributed by atoms with van der Waals surface area (Å²) < 4.78 is 0. The minimum Gasteiger partial charge on any atom is -0.489 e. The average molecular weight is 182 g/mol. The monoisotopic (exact) mass is 182 g/mol. The van der Waals surface area contributed by atoms with Crippen molar-refractivity contribution in [3.63, 3.8) is 0 Å². The predicted octanol–water partition coefficient (Wildman–Crippen LogP) is 0.726. The molecule has 1 heterocycles. The Kier molecular flexibility index (Phi) is 2.46. The molecule has 5 heteroatoms. The van der Waals surface area contributed by atoms with E-state index < -0.39 is 11.8 Å². The molecule has 0 saturated carbocycles. The Morgan fingerprint density at radius 1 is 1.38 bits per heavy atom. The third-order valence-corrected chi connectivity index (χ3v) is 1.51. The molecule has 0 atom stereocenters. The summed E-state index contributed by atoms with van der Waals surface area (Å²) in [5, 5.41) is 17.8. The molecule has 0 amide bonds. The second-order valence-corrected chi connectivity index (χ2v) is 2.92. The van der Waals surface area contributed by atoms with Crippen molar-refractivity contribution in [2.24, 2.45) is 5.92 Å².